The first-order valence-electron chi connectivity index (χ1n) is 10.0. The molecule has 2 unspecified atom stereocenters. The Labute approximate surface area is 163 Å². The monoisotopic (exact) mass is 383 g/mol. The first-order valence-corrected chi connectivity index (χ1v) is 10.0. The fraction of sp³-hybridized carbons (Fsp3) is 0.550. The van der Waals surface area contributed by atoms with Gasteiger partial charge >= 0.3 is 0 Å². The maximum atomic E-state index is 12.9. The molecule has 2 N–H and O–H groups in total. The molecular formula is C20H25N5O3. The van der Waals surface area contributed by atoms with Crippen molar-refractivity contribution in [3.05, 3.63) is 24.2 Å². The second-order valence-corrected chi connectivity index (χ2v) is 8.02. The molecule has 2 atom stereocenters. The van der Waals surface area contributed by atoms with Crippen molar-refractivity contribution in [1.29, 1.82) is 0 Å². The minimum Gasteiger partial charge on any atom is -0.460 e. The number of anilines is 1. The molecule has 4 aliphatic heterocycles. The van der Waals surface area contributed by atoms with Crippen LogP contribution in [-0.4, -0.2) is 66.5 Å². The number of furan rings is 1. The van der Waals surface area contributed by atoms with Crippen LogP contribution in [0.5, 0.6) is 0 Å². The Morgan fingerprint density at radius 1 is 1.32 bits per heavy atom. The molecule has 0 spiro atoms. The Morgan fingerprint density at radius 3 is 2.89 bits per heavy atom. The largest absolute Gasteiger partial charge is 0.460 e. The second-order valence-electron chi connectivity index (χ2n) is 8.02. The number of piperidine rings is 3. The highest BCUT2D eigenvalue weighted by Gasteiger charge is 2.40. The van der Waals surface area contributed by atoms with E-state index in [9.17, 15) is 9.59 Å². The number of amides is 2. The number of nitrogens with zero attached hydrogens (tertiary/aromatic N) is 3. The van der Waals surface area contributed by atoms with E-state index in [0.717, 1.165) is 37.9 Å². The molecule has 2 bridgehead atoms. The maximum Gasteiger partial charge on any atom is 0.270 e. The number of rotatable bonds is 3. The maximum absolute atomic E-state index is 12.9. The predicted molar refractivity (Wildman–Crippen MR) is 104 cm³/mol. The molecule has 4 aliphatic rings. The van der Waals surface area contributed by atoms with Crippen molar-refractivity contribution in [1.82, 2.24) is 20.5 Å². The van der Waals surface area contributed by atoms with E-state index < -0.39 is 0 Å². The molecule has 8 heteroatoms. The summed E-state index contributed by atoms with van der Waals surface area (Å²) < 4.78 is 5.58. The lowest BCUT2D eigenvalue weighted by Gasteiger charge is -2.49. The highest BCUT2D eigenvalue weighted by atomic mass is 16.3. The summed E-state index contributed by atoms with van der Waals surface area (Å²) in [7, 11) is 0. The summed E-state index contributed by atoms with van der Waals surface area (Å²) in [6, 6.07) is 2.25. The number of piperazine rings is 1. The summed E-state index contributed by atoms with van der Waals surface area (Å²) in [5.41, 5.74) is 1.64. The van der Waals surface area contributed by atoms with Gasteiger partial charge in [0.1, 0.15) is 12.0 Å². The van der Waals surface area contributed by atoms with Crippen LogP contribution in [0.2, 0.25) is 0 Å². The molecule has 4 saturated heterocycles. The van der Waals surface area contributed by atoms with Crippen molar-refractivity contribution in [3.63, 3.8) is 0 Å². The van der Waals surface area contributed by atoms with Gasteiger partial charge in [-0.05, 0) is 44.8 Å². The van der Waals surface area contributed by atoms with Crippen molar-refractivity contribution in [2.45, 2.75) is 31.8 Å². The molecule has 6 rings (SSSR count). The highest BCUT2D eigenvalue weighted by Crippen LogP contribution is 2.33. The standard InChI is InChI=1S/C20H25N5O3/c1-12-19(13-2-5-24(12)6-3-13)23-20(27)15-8-14-16(11-28-17(14)9-22-15)25-7-4-21-10-18(25)26/h8-9,11-13,19,21H,2-7,10H2,1H3,(H,23,27). The second kappa shape index (κ2) is 6.86. The van der Waals surface area contributed by atoms with Crippen LogP contribution in [0.25, 0.3) is 11.0 Å². The van der Waals surface area contributed by atoms with Crippen molar-refractivity contribution >= 4 is 28.5 Å². The van der Waals surface area contributed by atoms with Gasteiger partial charge in [-0.2, -0.15) is 0 Å². The van der Waals surface area contributed by atoms with E-state index in [4.69, 9.17) is 4.42 Å². The third-order valence-electron chi connectivity index (χ3n) is 6.53. The normalized spacial score (nSPS) is 30.0. The number of nitrogens with one attached hydrogen (secondary N) is 2. The number of carbonyl (C=O) groups excluding carboxylic acids is 2. The highest BCUT2D eigenvalue weighted by molar-refractivity contribution is 6.05. The summed E-state index contributed by atoms with van der Waals surface area (Å²) in [5, 5.41) is 7.03. The lowest BCUT2D eigenvalue weighted by Crippen LogP contribution is -2.62. The Balaban J connectivity index is 1.40. The first-order chi connectivity index (χ1) is 13.6. The SMILES string of the molecule is CC1C(NC(=O)c2cc3c(N4CCNCC4=O)coc3cn2)C2CCN1CC2. The lowest BCUT2D eigenvalue weighted by molar-refractivity contribution is -0.118. The van der Waals surface area contributed by atoms with Gasteiger partial charge in [0.05, 0.1) is 18.4 Å². The van der Waals surface area contributed by atoms with Crippen LogP contribution in [0, 0.1) is 5.92 Å². The molecule has 0 aromatic carbocycles. The van der Waals surface area contributed by atoms with Crippen LogP contribution >= 0.6 is 0 Å². The predicted octanol–water partition coefficient (Wildman–Crippen LogP) is 0.977. The molecule has 2 aromatic heterocycles. The average Bonchev–Trinajstić information content (AvgIpc) is 3.14. The van der Waals surface area contributed by atoms with E-state index in [1.807, 2.05) is 0 Å². The first kappa shape index (κ1) is 17.6. The van der Waals surface area contributed by atoms with E-state index in [1.54, 1.807) is 23.4 Å². The van der Waals surface area contributed by atoms with Crippen molar-refractivity contribution in [2.24, 2.45) is 5.92 Å². The van der Waals surface area contributed by atoms with Gasteiger partial charge in [0, 0.05) is 30.6 Å². The van der Waals surface area contributed by atoms with Gasteiger partial charge in [0.25, 0.3) is 5.91 Å². The van der Waals surface area contributed by atoms with Gasteiger partial charge in [-0.1, -0.05) is 0 Å². The quantitative estimate of drug-likeness (QED) is 0.821. The van der Waals surface area contributed by atoms with Gasteiger partial charge in [-0.25, -0.2) is 4.98 Å². The van der Waals surface area contributed by atoms with E-state index in [-0.39, 0.29) is 17.9 Å². The number of aromatic nitrogens is 1. The molecule has 0 saturated carbocycles. The zero-order chi connectivity index (χ0) is 19.3. The number of carbonyl (C=O) groups is 2. The Bertz CT molecular complexity index is 916. The number of pyridine rings is 1. The lowest BCUT2D eigenvalue weighted by atomic mass is 9.79. The molecule has 8 nitrogen and oxygen atoms in total. The molecule has 6 heterocycles. The van der Waals surface area contributed by atoms with Crippen LogP contribution in [0.1, 0.15) is 30.3 Å². The number of hydrogen-bond donors (Lipinski definition) is 2. The van der Waals surface area contributed by atoms with Gasteiger partial charge in [0.15, 0.2) is 5.58 Å². The Hall–Kier alpha value is -2.45. The molecule has 2 amide bonds. The van der Waals surface area contributed by atoms with Crippen LogP contribution in [0.3, 0.4) is 0 Å². The molecule has 0 aliphatic carbocycles. The summed E-state index contributed by atoms with van der Waals surface area (Å²) >= 11 is 0. The number of hydrogen-bond acceptors (Lipinski definition) is 6. The smallest absolute Gasteiger partial charge is 0.270 e. The minimum atomic E-state index is -0.161. The van der Waals surface area contributed by atoms with Crippen molar-refractivity contribution in [2.75, 3.05) is 37.6 Å². The van der Waals surface area contributed by atoms with E-state index in [1.165, 1.54) is 0 Å². The van der Waals surface area contributed by atoms with E-state index in [2.05, 4.69) is 27.4 Å². The third kappa shape index (κ3) is 2.87. The van der Waals surface area contributed by atoms with E-state index in [0.29, 0.717) is 42.0 Å². The zero-order valence-corrected chi connectivity index (χ0v) is 16.0. The van der Waals surface area contributed by atoms with Gasteiger partial charge in [0.2, 0.25) is 5.91 Å². The van der Waals surface area contributed by atoms with E-state index >= 15 is 0 Å². The average molecular weight is 383 g/mol. The van der Waals surface area contributed by atoms with Crippen molar-refractivity contribution in [3.8, 4) is 0 Å². The fourth-order valence-corrected chi connectivity index (χ4v) is 4.88. The molecule has 2 aromatic rings. The summed E-state index contributed by atoms with van der Waals surface area (Å²) in [6.07, 6.45) is 5.42. The number of fused-ring (bicyclic) bond motifs is 4. The van der Waals surface area contributed by atoms with Crippen molar-refractivity contribution < 1.29 is 14.0 Å². The summed E-state index contributed by atoms with van der Waals surface area (Å²) in [4.78, 5) is 33.6. The minimum absolute atomic E-state index is 0.00197. The molecule has 4 fully saturated rings. The molecule has 0 radical (unpaired) electrons. The van der Waals surface area contributed by atoms with Crippen LogP contribution in [-0.2, 0) is 4.79 Å². The molecule has 28 heavy (non-hydrogen) atoms. The fourth-order valence-electron chi connectivity index (χ4n) is 4.88. The summed E-state index contributed by atoms with van der Waals surface area (Å²) in [5.74, 6) is 0.375. The van der Waals surface area contributed by atoms with Crippen LogP contribution in [0.4, 0.5) is 5.69 Å². The third-order valence-corrected chi connectivity index (χ3v) is 6.53. The summed E-state index contributed by atoms with van der Waals surface area (Å²) in [6.45, 7) is 6.06. The van der Waals surface area contributed by atoms with Gasteiger partial charge in [-0.3, -0.25) is 14.5 Å². The molecular weight excluding hydrogens is 358 g/mol. The topological polar surface area (TPSA) is 90.7 Å². The Kier molecular flexibility index (Phi) is 4.32. The zero-order valence-electron chi connectivity index (χ0n) is 16.0. The van der Waals surface area contributed by atoms with Crippen LogP contribution < -0.4 is 15.5 Å². The van der Waals surface area contributed by atoms with Crippen LogP contribution in [0.15, 0.2) is 22.9 Å². The van der Waals surface area contributed by atoms with Gasteiger partial charge in [-0.15, -0.1) is 0 Å². The van der Waals surface area contributed by atoms with Gasteiger partial charge < -0.3 is 20.0 Å². The Morgan fingerprint density at radius 2 is 2.14 bits per heavy atom. The molecule has 148 valence electrons.